The second-order valence-corrected chi connectivity index (χ2v) is 4.72. The van der Waals surface area contributed by atoms with Crippen molar-refractivity contribution in [3.8, 4) is 11.5 Å². The summed E-state index contributed by atoms with van der Waals surface area (Å²) in [7, 11) is 0. The van der Waals surface area contributed by atoms with Gasteiger partial charge in [-0.15, -0.1) is 0 Å². The highest BCUT2D eigenvalue weighted by Gasteiger charge is 2.23. The summed E-state index contributed by atoms with van der Waals surface area (Å²) in [5.74, 6) is -0.0666. The van der Waals surface area contributed by atoms with Crippen LogP contribution in [0.15, 0.2) is 28.8 Å². The second kappa shape index (κ2) is 5.42. The molecule has 1 aromatic heterocycles. The van der Waals surface area contributed by atoms with Gasteiger partial charge in [0.2, 0.25) is 0 Å². The fourth-order valence-corrected chi connectivity index (χ4v) is 2.31. The van der Waals surface area contributed by atoms with E-state index in [2.05, 4.69) is 10.1 Å². The third-order valence-electron chi connectivity index (χ3n) is 3.36. The number of carbonyl (C=O) groups is 1. The minimum atomic E-state index is -1.01. The molecule has 0 bridgehead atoms. The van der Waals surface area contributed by atoms with Crippen LogP contribution in [0.3, 0.4) is 0 Å². The zero-order chi connectivity index (χ0) is 13.9. The lowest BCUT2D eigenvalue weighted by Gasteiger charge is -2.18. The van der Waals surface area contributed by atoms with Crippen LogP contribution in [0.25, 0.3) is 11.5 Å². The first kappa shape index (κ1) is 12.8. The molecule has 0 radical (unpaired) electrons. The maximum absolute atomic E-state index is 11.2. The fraction of sp³-hybridized carbons (Fsp3) is 0.357. The molecule has 2 heterocycles. The maximum atomic E-state index is 11.2. The van der Waals surface area contributed by atoms with Gasteiger partial charge in [-0.25, -0.2) is 4.79 Å². The molecule has 0 spiro atoms. The summed E-state index contributed by atoms with van der Waals surface area (Å²) in [5, 5.41) is 13.1. The third kappa shape index (κ3) is 2.42. The van der Waals surface area contributed by atoms with Crippen LogP contribution in [0, 0.1) is 0 Å². The van der Waals surface area contributed by atoms with Gasteiger partial charge in [0, 0.05) is 12.5 Å². The Labute approximate surface area is 115 Å². The first-order valence-corrected chi connectivity index (χ1v) is 6.50. The Morgan fingerprint density at radius 1 is 1.35 bits per heavy atom. The molecule has 20 heavy (non-hydrogen) atoms. The number of aromatic carboxylic acids is 1. The van der Waals surface area contributed by atoms with Gasteiger partial charge >= 0.3 is 5.97 Å². The minimum absolute atomic E-state index is 0.123. The number of nitrogens with zero attached hydrogens (tertiary/aromatic N) is 2. The van der Waals surface area contributed by atoms with Crippen LogP contribution < -0.4 is 0 Å². The van der Waals surface area contributed by atoms with E-state index < -0.39 is 5.97 Å². The normalized spacial score (nSPS) is 18.9. The van der Waals surface area contributed by atoms with Gasteiger partial charge in [0.05, 0.1) is 17.7 Å². The quantitative estimate of drug-likeness (QED) is 0.924. The van der Waals surface area contributed by atoms with Gasteiger partial charge in [0.25, 0.3) is 5.89 Å². The van der Waals surface area contributed by atoms with Crippen LogP contribution in [-0.4, -0.2) is 34.4 Å². The molecule has 0 aliphatic carbocycles. The van der Waals surface area contributed by atoms with Crippen molar-refractivity contribution in [1.82, 2.24) is 10.1 Å². The van der Waals surface area contributed by atoms with Crippen molar-refractivity contribution >= 4 is 5.97 Å². The van der Waals surface area contributed by atoms with Gasteiger partial charge in [0.1, 0.15) is 0 Å². The lowest BCUT2D eigenvalue weighted by atomic mass is 10.0. The lowest BCUT2D eigenvalue weighted by Crippen LogP contribution is -2.16. The molecule has 1 fully saturated rings. The summed E-state index contributed by atoms with van der Waals surface area (Å²) in [4.78, 5) is 15.5. The molecule has 6 nitrogen and oxygen atoms in total. The molecule has 1 N–H and O–H groups in total. The first-order chi connectivity index (χ1) is 9.75. The SMILES string of the molecule is O=C(O)c1ccccc1-c1nc(C2CCCOC2)no1. The molecule has 1 saturated heterocycles. The molecule has 1 aromatic carbocycles. The average molecular weight is 274 g/mol. The van der Waals surface area contributed by atoms with Gasteiger partial charge in [-0.3, -0.25) is 0 Å². The molecule has 0 saturated carbocycles. The number of hydrogen-bond acceptors (Lipinski definition) is 5. The second-order valence-electron chi connectivity index (χ2n) is 4.72. The molecule has 1 atom stereocenters. The van der Waals surface area contributed by atoms with Crippen molar-refractivity contribution in [1.29, 1.82) is 0 Å². The van der Waals surface area contributed by atoms with Crippen molar-refractivity contribution in [3.05, 3.63) is 35.7 Å². The molecule has 2 aromatic rings. The average Bonchev–Trinajstić information content (AvgIpc) is 2.98. The van der Waals surface area contributed by atoms with Gasteiger partial charge < -0.3 is 14.4 Å². The summed E-state index contributed by atoms with van der Waals surface area (Å²) in [6.07, 6.45) is 1.93. The smallest absolute Gasteiger partial charge is 0.336 e. The molecule has 1 unspecified atom stereocenters. The molecular weight excluding hydrogens is 260 g/mol. The number of ether oxygens (including phenoxy) is 1. The largest absolute Gasteiger partial charge is 0.478 e. The molecule has 1 aliphatic rings. The van der Waals surface area contributed by atoms with E-state index in [4.69, 9.17) is 9.26 Å². The Balaban J connectivity index is 1.92. The zero-order valence-corrected chi connectivity index (χ0v) is 10.8. The van der Waals surface area contributed by atoms with E-state index in [1.165, 1.54) is 6.07 Å². The van der Waals surface area contributed by atoms with Gasteiger partial charge in [-0.2, -0.15) is 4.98 Å². The maximum Gasteiger partial charge on any atom is 0.336 e. The Morgan fingerprint density at radius 2 is 2.20 bits per heavy atom. The Hall–Kier alpha value is -2.21. The van der Waals surface area contributed by atoms with Crippen LogP contribution in [0.4, 0.5) is 0 Å². The monoisotopic (exact) mass is 274 g/mol. The number of hydrogen-bond donors (Lipinski definition) is 1. The van der Waals surface area contributed by atoms with E-state index in [1.807, 2.05) is 0 Å². The number of carboxylic acids is 1. The molecule has 0 amide bonds. The van der Waals surface area contributed by atoms with Gasteiger partial charge in [-0.05, 0) is 25.0 Å². The van der Waals surface area contributed by atoms with Crippen molar-refractivity contribution in [2.75, 3.05) is 13.2 Å². The molecule has 6 heteroatoms. The molecule has 1 aliphatic heterocycles. The fourth-order valence-electron chi connectivity index (χ4n) is 2.31. The number of aromatic nitrogens is 2. The number of rotatable bonds is 3. The highest BCUT2D eigenvalue weighted by atomic mass is 16.5. The van der Waals surface area contributed by atoms with Crippen LogP contribution >= 0.6 is 0 Å². The van der Waals surface area contributed by atoms with E-state index in [-0.39, 0.29) is 17.4 Å². The topological polar surface area (TPSA) is 85.5 Å². The molecule has 3 rings (SSSR count). The van der Waals surface area contributed by atoms with Crippen LogP contribution in [0.1, 0.15) is 34.9 Å². The van der Waals surface area contributed by atoms with E-state index in [1.54, 1.807) is 18.2 Å². The summed E-state index contributed by atoms with van der Waals surface area (Å²) < 4.78 is 10.6. The standard InChI is InChI=1S/C14H14N2O4/c17-14(18)11-6-2-1-5-10(11)13-15-12(16-20-13)9-4-3-7-19-8-9/h1-2,5-6,9H,3-4,7-8H2,(H,17,18). The van der Waals surface area contributed by atoms with E-state index in [0.29, 0.717) is 18.0 Å². The van der Waals surface area contributed by atoms with Crippen LogP contribution in [-0.2, 0) is 4.74 Å². The predicted molar refractivity (Wildman–Crippen MR) is 69.5 cm³/mol. The van der Waals surface area contributed by atoms with Crippen LogP contribution in [0.2, 0.25) is 0 Å². The summed E-state index contributed by atoms with van der Waals surface area (Å²) >= 11 is 0. The summed E-state index contributed by atoms with van der Waals surface area (Å²) in [6.45, 7) is 1.35. The van der Waals surface area contributed by atoms with Gasteiger partial charge in [-0.1, -0.05) is 17.3 Å². The van der Waals surface area contributed by atoms with E-state index in [9.17, 15) is 9.90 Å². The lowest BCUT2D eigenvalue weighted by molar-refractivity contribution is 0.0697. The van der Waals surface area contributed by atoms with E-state index in [0.717, 1.165) is 19.4 Å². The zero-order valence-electron chi connectivity index (χ0n) is 10.8. The van der Waals surface area contributed by atoms with Crippen LogP contribution in [0.5, 0.6) is 0 Å². The molecule has 104 valence electrons. The number of carboxylic acid groups (broad SMARTS) is 1. The minimum Gasteiger partial charge on any atom is -0.478 e. The predicted octanol–water partition coefficient (Wildman–Crippen LogP) is 2.33. The van der Waals surface area contributed by atoms with Crippen molar-refractivity contribution in [3.63, 3.8) is 0 Å². The number of benzene rings is 1. The summed E-state index contributed by atoms with van der Waals surface area (Å²) in [5.41, 5.74) is 0.595. The third-order valence-corrected chi connectivity index (χ3v) is 3.36. The highest BCUT2D eigenvalue weighted by Crippen LogP contribution is 2.27. The summed E-state index contributed by atoms with van der Waals surface area (Å²) in [6, 6.07) is 6.60. The van der Waals surface area contributed by atoms with Crippen molar-refractivity contribution in [2.24, 2.45) is 0 Å². The van der Waals surface area contributed by atoms with Gasteiger partial charge in [0.15, 0.2) is 5.82 Å². The van der Waals surface area contributed by atoms with E-state index >= 15 is 0 Å². The Kier molecular flexibility index (Phi) is 3.47. The highest BCUT2D eigenvalue weighted by molar-refractivity contribution is 5.94. The van der Waals surface area contributed by atoms with Crippen molar-refractivity contribution in [2.45, 2.75) is 18.8 Å². The van der Waals surface area contributed by atoms with Crippen molar-refractivity contribution < 1.29 is 19.2 Å². The Bertz CT molecular complexity index is 617. The molecular formula is C14H14N2O4. The first-order valence-electron chi connectivity index (χ1n) is 6.50. The Morgan fingerprint density at radius 3 is 2.95 bits per heavy atom.